The lowest BCUT2D eigenvalue weighted by atomic mass is 10.0. The SMILES string of the molecule is C=C(C)C(NCC)c1nn(C)c2ccccc12. The Bertz CT molecular complexity index is 539. The highest BCUT2D eigenvalue weighted by molar-refractivity contribution is 5.82. The van der Waals surface area contributed by atoms with Crippen molar-refractivity contribution >= 4 is 10.9 Å². The normalized spacial score (nSPS) is 12.9. The second-order valence-electron chi connectivity index (χ2n) is 4.36. The van der Waals surface area contributed by atoms with E-state index in [4.69, 9.17) is 0 Å². The molecule has 0 aliphatic rings. The summed E-state index contributed by atoms with van der Waals surface area (Å²) in [4.78, 5) is 0. The summed E-state index contributed by atoms with van der Waals surface area (Å²) in [5.41, 5.74) is 3.32. The smallest absolute Gasteiger partial charge is 0.0914 e. The van der Waals surface area contributed by atoms with Crippen LogP contribution in [0.25, 0.3) is 10.9 Å². The molecular formula is C14H19N3. The van der Waals surface area contributed by atoms with Gasteiger partial charge in [0.15, 0.2) is 0 Å². The van der Waals surface area contributed by atoms with Crippen LogP contribution in [0, 0.1) is 0 Å². The minimum Gasteiger partial charge on any atom is -0.305 e. The largest absolute Gasteiger partial charge is 0.305 e. The van der Waals surface area contributed by atoms with E-state index in [9.17, 15) is 0 Å². The van der Waals surface area contributed by atoms with Crippen LogP contribution in [0.2, 0.25) is 0 Å². The van der Waals surface area contributed by atoms with E-state index in [2.05, 4.69) is 42.1 Å². The lowest BCUT2D eigenvalue weighted by Gasteiger charge is -2.15. The molecule has 17 heavy (non-hydrogen) atoms. The van der Waals surface area contributed by atoms with Crippen molar-refractivity contribution < 1.29 is 0 Å². The Balaban J connectivity index is 2.57. The first-order valence-corrected chi connectivity index (χ1v) is 5.95. The molecule has 2 aromatic rings. The molecule has 1 aromatic heterocycles. The third-order valence-electron chi connectivity index (χ3n) is 2.96. The highest BCUT2D eigenvalue weighted by atomic mass is 15.3. The molecule has 1 heterocycles. The summed E-state index contributed by atoms with van der Waals surface area (Å²) < 4.78 is 1.93. The molecule has 1 aromatic carbocycles. The number of rotatable bonds is 4. The molecule has 2 rings (SSSR count). The maximum Gasteiger partial charge on any atom is 0.0914 e. The van der Waals surface area contributed by atoms with Gasteiger partial charge in [-0.1, -0.05) is 37.3 Å². The number of nitrogens with one attached hydrogen (secondary N) is 1. The fraction of sp³-hybridized carbons (Fsp3) is 0.357. The maximum absolute atomic E-state index is 4.62. The van der Waals surface area contributed by atoms with E-state index in [1.165, 1.54) is 5.39 Å². The number of aryl methyl sites for hydroxylation is 1. The Kier molecular flexibility index (Phi) is 3.29. The van der Waals surface area contributed by atoms with Gasteiger partial charge in [0.25, 0.3) is 0 Å². The number of benzene rings is 1. The van der Waals surface area contributed by atoms with Crippen molar-refractivity contribution in [1.82, 2.24) is 15.1 Å². The van der Waals surface area contributed by atoms with E-state index in [1.54, 1.807) is 0 Å². The van der Waals surface area contributed by atoms with Gasteiger partial charge in [-0.2, -0.15) is 5.10 Å². The van der Waals surface area contributed by atoms with E-state index in [1.807, 2.05) is 24.7 Å². The van der Waals surface area contributed by atoms with Gasteiger partial charge < -0.3 is 5.32 Å². The van der Waals surface area contributed by atoms with Crippen molar-refractivity contribution in [3.8, 4) is 0 Å². The fourth-order valence-corrected chi connectivity index (χ4v) is 2.16. The van der Waals surface area contributed by atoms with Crippen molar-refractivity contribution in [3.63, 3.8) is 0 Å². The summed E-state index contributed by atoms with van der Waals surface area (Å²) in [6, 6.07) is 8.43. The molecule has 0 saturated carbocycles. The lowest BCUT2D eigenvalue weighted by molar-refractivity contribution is 0.596. The van der Waals surface area contributed by atoms with Crippen molar-refractivity contribution in [1.29, 1.82) is 0 Å². The van der Waals surface area contributed by atoms with Crippen LogP contribution in [0.1, 0.15) is 25.6 Å². The van der Waals surface area contributed by atoms with Gasteiger partial charge in [-0.05, 0) is 19.5 Å². The van der Waals surface area contributed by atoms with Crippen LogP contribution >= 0.6 is 0 Å². The average molecular weight is 229 g/mol. The van der Waals surface area contributed by atoms with Crippen LogP contribution in [-0.4, -0.2) is 16.3 Å². The monoisotopic (exact) mass is 229 g/mol. The minimum atomic E-state index is 0.131. The van der Waals surface area contributed by atoms with Gasteiger partial charge in [-0.15, -0.1) is 0 Å². The zero-order chi connectivity index (χ0) is 12.4. The van der Waals surface area contributed by atoms with Crippen LogP contribution in [0.4, 0.5) is 0 Å². The molecule has 1 N–H and O–H groups in total. The molecule has 90 valence electrons. The molecule has 0 spiro atoms. The first-order valence-electron chi connectivity index (χ1n) is 5.95. The van der Waals surface area contributed by atoms with Crippen molar-refractivity contribution in [3.05, 3.63) is 42.1 Å². The highest BCUT2D eigenvalue weighted by Crippen LogP contribution is 2.26. The number of nitrogens with zero attached hydrogens (tertiary/aromatic N) is 2. The van der Waals surface area contributed by atoms with E-state index in [0.717, 1.165) is 23.3 Å². The van der Waals surface area contributed by atoms with Crippen LogP contribution in [0.15, 0.2) is 36.4 Å². The Hall–Kier alpha value is -1.61. The van der Waals surface area contributed by atoms with Crippen molar-refractivity contribution in [2.45, 2.75) is 19.9 Å². The molecule has 0 bridgehead atoms. The number of para-hydroxylation sites is 1. The Morgan fingerprint density at radius 2 is 2.18 bits per heavy atom. The second kappa shape index (κ2) is 4.72. The molecular weight excluding hydrogens is 210 g/mol. The third kappa shape index (κ3) is 2.11. The number of hydrogen-bond donors (Lipinski definition) is 1. The van der Waals surface area contributed by atoms with Gasteiger partial charge in [0.2, 0.25) is 0 Å². The molecule has 3 heteroatoms. The topological polar surface area (TPSA) is 29.9 Å². The first-order chi connectivity index (χ1) is 8.15. The summed E-state index contributed by atoms with van der Waals surface area (Å²) in [7, 11) is 1.98. The Morgan fingerprint density at radius 1 is 1.47 bits per heavy atom. The summed E-state index contributed by atoms with van der Waals surface area (Å²) in [5.74, 6) is 0. The summed E-state index contributed by atoms with van der Waals surface area (Å²) in [5, 5.41) is 9.25. The Morgan fingerprint density at radius 3 is 2.82 bits per heavy atom. The molecule has 0 aliphatic carbocycles. The van der Waals surface area contributed by atoms with Gasteiger partial charge >= 0.3 is 0 Å². The van der Waals surface area contributed by atoms with Crippen LogP contribution in [0.3, 0.4) is 0 Å². The van der Waals surface area contributed by atoms with Crippen LogP contribution in [0.5, 0.6) is 0 Å². The third-order valence-corrected chi connectivity index (χ3v) is 2.96. The van der Waals surface area contributed by atoms with E-state index in [0.29, 0.717) is 0 Å². The van der Waals surface area contributed by atoms with Gasteiger partial charge in [-0.3, -0.25) is 4.68 Å². The first kappa shape index (κ1) is 11.9. The molecule has 0 fully saturated rings. The summed E-state index contributed by atoms with van der Waals surface area (Å²) in [6.45, 7) is 9.10. The van der Waals surface area contributed by atoms with Crippen LogP contribution in [-0.2, 0) is 7.05 Å². The quantitative estimate of drug-likeness (QED) is 0.817. The van der Waals surface area contributed by atoms with Crippen LogP contribution < -0.4 is 5.32 Å². The molecule has 0 aliphatic heterocycles. The maximum atomic E-state index is 4.62. The predicted molar refractivity (Wildman–Crippen MR) is 71.9 cm³/mol. The second-order valence-corrected chi connectivity index (χ2v) is 4.36. The van der Waals surface area contributed by atoms with Gasteiger partial charge in [0, 0.05) is 12.4 Å². The summed E-state index contributed by atoms with van der Waals surface area (Å²) >= 11 is 0. The molecule has 0 amide bonds. The fourth-order valence-electron chi connectivity index (χ4n) is 2.16. The zero-order valence-corrected chi connectivity index (χ0v) is 10.7. The zero-order valence-electron chi connectivity index (χ0n) is 10.7. The van der Waals surface area contributed by atoms with Gasteiger partial charge in [-0.25, -0.2) is 0 Å². The average Bonchev–Trinajstić information content (AvgIpc) is 2.64. The molecule has 3 nitrogen and oxygen atoms in total. The Labute approximate surface area is 102 Å². The minimum absolute atomic E-state index is 0.131. The summed E-state index contributed by atoms with van der Waals surface area (Å²) in [6.07, 6.45) is 0. The molecule has 0 saturated heterocycles. The predicted octanol–water partition coefficient (Wildman–Crippen LogP) is 2.80. The number of likely N-dealkylation sites (N-methyl/N-ethyl adjacent to an activating group) is 1. The molecule has 1 atom stereocenters. The van der Waals surface area contributed by atoms with E-state index < -0.39 is 0 Å². The lowest BCUT2D eigenvalue weighted by Crippen LogP contribution is -2.22. The van der Waals surface area contributed by atoms with Crippen molar-refractivity contribution in [2.24, 2.45) is 7.05 Å². The van der Waals surface area contributed by atoms with E-state index >= 15 is 0 Å². The number of aromatic nitrogens is 2. The number of hydrogen-bond acceptors (Lipinski definition) is 2. The molecule has 0 radical (unpaired) electrons. The van der Waals surface area contributed by atoms with E-state index in [-0.39, 0.29) is 6.04 Å². The highest BCUT2D eigenvalue weighted by Gasteiger charge is 2.18. The van der Waals surface area contributed by atoms with Gasteiger partial charge in [0.05, 0.1) is 17.3 Å². The standard InChI is InChI=1S/C14H19N3/c1-5-15-13(10(2)3)14-11-8-6-7-9-12(11)17(4)16-14/h6-9,13,15H,2,5H2,1,3-4H3. The number of fused-ring (bicyclic) bond motifs is 1. The van der Waals surface area contributed by atoms with Gasteiger partial charge in [0.1, 0.15) is 0 Å². The molecule has 1 unspecified atom stereocenters. The van der Waals surface area contributed by atoms with Crippen molar-refractivity contribution in [2.75, 3.05) is 6.54 Å².